The second kappa shape index (κ2) is 8.80. The maximum Gasteiger partial charge on any atom is 0.403 e. The van der Waals surface area contributed by atoms with Gasteiger partial charge in [0.15, 0.2) is 0 Å². The lowest BCUT2D eigenvalue weighted by molar-refractivity contribution is -0.182. The zero-order valence-corrected chi connectivity index (χ0v) is 13.9. The number of hydrogen-bond acceptors (Lipinski definition) is 4. The van der Waals surface area contributed by atoms with Crippen molar-refractivity contribution in [3.8, 4) is 0 Å². The molecule has 0 bridgehead atoms. The molecule has 24 heavy (non-hydrogen) atoms. The molecule has 1 N–H and O–H groups in total. The van der Waals surface area contributed by atoms with Crippen molar-refractivity contribution in [2.45, 2.75) is 31.9 Å². The fourth-order valence-corrected chi connectivity index (χ4v) is 2.78. The molecule has 1 saturated heterocycles. The van der Waals surface area contributed by atoms with Crippen molar-refractivity contribution in [1.29, 1.82) is 0 Å². The molecule has 1 aromatic rings. The molecule has 2 atom stereocenters. The van der Waals surface area contributed by atoms with Crippen molar-refractivity contribution in [1.82, 2.24) is 9.80 Å². The predicted molar refractivity (Wildman–Crippen MR) is 85.6 cm³/mol. The van der Waals surface area contributed by atoms with E-state index in [1.807, 2.05) is 35.2 Å². The molecule has 0 spiro atoms. The van der Waals surface area contributed by atoms with Crippen molar-refractivity contribution >= 4 is 0 Å². The molecule has 1 aliphatic rings. The molecular weight excluding hydrogens is 321 g/mol. The molecule has 0 amide bonds. The lowest BCUT2D eigenvalue weighted by atomic mass is 10.2. The van der Waals surface area contributed by atoms with Gasteiger partial charge in [0.2, 0.25) is 0 Å². The summed E-state index contributed by atoms with van der Waals surface area (Å²) >= 11 is 0. The van der Waals surface area contributed by atoms with Crippen LogP contribution in [0.1, 0.15) is 12.5 Å². The van der Waals surface area contributed by atoms with E-state index in [9.17, 15) is 18.3 Å². The number of β-amino-alcohol motifs (C(OH)–C–C–N with tert-alkyl or cyclic N) is 1. The lowest BCUT2D eigenvalue weighted by Crippen LogP contribution is -2.54. The maximum absolute atomic E-state index is 12.7. The Kier molecular flexibility index (Phi) is 7.03. The summed E-state index contributed by atoms with van der Waals surface area (Å²) in [5, 5.41) is 10.0. The van der Waals surface area contributed by atoms with Crippen molar-refractivity contribution < 1.29 is 23.0 Å². The number of benzene rings is 1. The second-order valence-corrected chi connectivity index (χ2v) is 6.21. The van der Waals surface area contributed by atoms with Crippen molar-refractivity contribution in [3.05, 3.63) is 35.9 Å². The summed E-state index contributed by atoms with van der Waals surface area (Å²) in [6.45, 7) is 4.04. The minimum atomic E-state index is -4.19. The Balaban J connectivity index is 1.64. The van der Waals surface area contributed by atoms with Crippen LogP contribution in [0.4, 0.5) is 13.2 Å². The van der Waals surface area contributed by atoms with Gasteiger partial charge in [0, 0.05) is 32.7 Å². The highest BCUT2D eigenvalue weighted by molar-refractivity contribution is 5.13. The summed E-state index contributed by atoms with van der Waals surface area (Å²) in [5.41, 5.74) is 1.04. The number of alkyl halides is 3. The average Bonchev–Trinajstić information content (AvgIpc) is 2.55. The molecule has 0 aliphatic carbocycles. The van der Waals surface area contributed by atoms with E-state index in [4.69, 9.17) is 4.74 Å². The Morgan fingerprint density at radius 3 is 2.33 bits per heavy atom. The highest BCUT2D eigenvalue weighted by Gasteiger charge is 2.40. The first kappa shape index (κ1) is 19.2. The summed E-state index contributed by atoms with van der Waals surface area (Å²) in [6, 6.07) is 8.27. The largest absolute Gasteiger partial charge is 0.403 e. The topological polar surface area (TPSA) is 35.9 Å². The third-order valence-electron chi connectivity index (χ3n) is 4.32. The van der Waals surface area contributed by atoms with Crippen LogP contribution in [-0.4, -0.2) is 72.6 Å². The van der Waals surface area contributed by atoms with Gasteiger partial charge in [0.25, 0.3) is 0 Å². The van der Waals surface area contributed by atoms with E-state index in [1.165, 1.54) is 11.8 Å². The Morgan fingerprint density at radius 2 is 1.75 bits per heavy atom. The molecule has 0 radical (unpaired) electrons. The van der Waals surface area contributed by atoms with Crippen LogP contribution in [0.5, 0.6) is 0 Å². The smallest absolute Gasteiger partial charge is 0.389 e. The van der Waals surface area contributed by atoms with Gasteiger partial charge in [-0.05, 0) is 12.5 Å². The van der Waals surface area contributed by atoms with Gasteiger partial charge in [-0.3, -0.25) is 9.80 Å². The number of aliphatic hydroxyl groups excluding tert-OH is 1. The predicted octanol–water partition coefficient (Wildman–Crippen LogP) is 2.13. The maximum atomic E-state index is 12.7. The Morgan fingerprint density at radius 1 is 1.12 bits per heavy atom. The van der Waals surface area contributed by atoms with Crippen molar-refractivity contribution in [2.75, 3.05) is 39.3 Å². The molecular formula is C17H25F3N2O2. The van der Waals surface area contributed by atoms with E-state index < -0.39 is 18.3 Å². The SMILES string of the molecule is CC(N1CCN(CC(O)COCc2ccccc2)CC1)C(F)(F)F. The molecule has 0 aromatic heterocycles. The molecule has 4 nitrogen and oxygen atoms in total. The third kappa shape index (κ3) is 6.05. The van der Waals surface area contributed by atoms with E-state index in [0.29, 0.717) is 39.3 Å². The Bertz CT molecular complexity index is 476. The van der Waals surface area contributed by atoms with E-state index in [-0.39, 0.29) is 6.61 Å². The highest BCUT2D eigenvalue weighted by Crippen LogP contribution is 2.25. The Hall–Kier alpha value is -1.15. The molecule has 2 unspecified atom stereocenters. The van der Waals surface area contributed by atoms with Crippen LogP contribution in [0.25, 0.3) is 0 Å². The molecule has 2 rings (SSSR count). The Labute approximate surface area is 140 Å². The summed E-state index contributed by atoms with van der Waals surface area (Å²) in [5.74, 6) is 0. The van der Waals surface area contributed by atoms with Gasteiger partial charge in [-0.25, -0.2) is 0 Å². The summed E-state index contributed by atoms with van der Waals surface area (Å²) < 4.78 is 43.6. The molecule has 1 fully saturated rings. The number of rotatable bonds is 7. The molecule has 7 heteroatoms. The van der Waals surface area contributed by atoms with Gasteiger partial charge >= 0.3 is 6.18 Å². The number of piperazine rings is 1. The minimum Gasteiger partial charge on any atom is -0.389 e. The number of hydrogen-bond donors (Lipinski definition) is 1. The first-order valence-electron chi connectivity index (χ1n) is 8.19. The van der Waals surface area contributed by atoms with Crippen LogP contribution in [-0.2, 0) is 11.3 Å². The zero-order chi connectivity index (χ0) is 17.6. The molecule has 1 aromatic carbocycles. The third-order valence-corrected chi connectivity index (χ3v) is 4.32. The standard InChI is InChI=1S/C17H25F3N2O2/c1-14(17(18,19)20)22-9-7-21(8-10-22)11-16(23)13-24-12-15-5-3-2-4-6-15/h2-6,14,16,23H,7-13H2,1H3. The zero-order valence-electron chi connectivity index (χ0n) is 13.9. The first-order chi connectivity index (χ1) is 11.4. The van der Waals surface area contributed by atoms with E-state index in [2.05, 4.69) is 0 Å². The molecule has 1 heterocycles. The number of nitrogens with zero attached hydrogens (tertiary/aromatic N) is 2. The van der Waals surface area contributed by atoms with Crippen LogP contribution in [0.2, 0.25) is 0 Å². The quantitative estimate of drug-likeness (QED) is 0.821. The first-order valence-corrected chi connectivity index (χ1v) is 8.19. The van der Waals surface area contributed by atoms with E-state index in [0.717, 1.165) is 5.56 Å². The van der Waals surface area contributed by atoms with Crippen molar-refractivity contribution in [2.24, 2.45) is 0 Å². The molecule has 1 aliphatic heterocycles. The highest BCUT2D eigenvalue weighted by atomic mass is 19.4. The fourth-order valence-electron chi connectivity index (χ4n) is 2.78. The van der Waals surface area contributed by atoms with Gasteiger partial charge in [0.1, 0.15) is 6.04 Å². The van der Waals surface area contributed by atoms with Crippen LogP contribution < -0.4 is 0 Å². The number of ether oxygens (including phenoxy) is 1. The van der Waals surface area contributed by atoms with Crippen molar-refractivity contribution in [3.63, 3.8) is 0 Å². The van der Waals surface area contributed by atoms with Crippen LogP contribution in [0.15, 0.2) is 30.3 Å². The lowest BCUT2D eigenvalue weighted by Gasteiger charge is -2.39. The molecule has 0 saturated carbocycles. The fraction of sp³-hybridized carbons (Fsp3) is 0.647. The van der Waals surface area contributed by atoms with Gasteiger partial charge in [-0.15, -0.1) is 0 Å². The number of aliphatic hydroxyl groups is 1. The van der Waals surface area contributed by atoms with Crippen LogP contribution in [0.3, 0.4) is 0 Å². The number of halogens is 3. The van der Waals surface area contributed by atoms with Crippen LogP contribution in [0, 0.1) is 0 Å². The van der Waals surface area contributed by atoms with Gasteiger partial charge in [-0.2, -0.15) is 13.2 Å². The second-order valence-electron chi connectivity index (χ2n) is 6.21. The summed E-state index contributed by atoms with van der Waals surface area (Å²) in [7, 11) is 0. The average molecular weight is 346 g/mol. The van der Waals surface area contributed by atoms with E-state index in [1.54, 1.807) is 0 Å². The van der Waals surface area contributed by atoms with Gasteiger partial charge in [-0.1, -0.05) is 30.3 Å². The van der Waals surface area contributed by atoms with E-state index >= 15 is 0 Å². The van der Waals surface area contributed by atoms with Crippen LogP contribution >= 0.6 is 0 Å². The normalized spacial score (nSPS) is 20.0. The minimum absolute atomic E-state index is 0.216. The van der Waals surface area contributed by atoms with Gasteiger partial charge in [0.05, 0.1) is 19.3 Å². The monoisotopic (exact) mass is 346 g/mol. The van der Waals surface area contributed by atoms with Gasteiger partial charge < -0.3 is 9.84 Å². The summed E-state index contributed by atoms with van der Waals surface area (Å²) in [6.07, 6.45) is -4.83. The molecule has 136 valence electrons. The summed E-state index contributed by atoms with van der Waals surface area (Å²) in [4.78, 5) is 3.42.